The van der Waals surface area contributed by atoms with Crippen molar-refractivity contribution >= 4 is 23.5 Å². The lowest BCUT2D eigenvalue weighted by Crippen LogP contribution is -2.24. The smallest absolute Gasteiger partial charge is 0.306 e. The fraction of sp³-hybridized carbons (Fsp3) is 0.471. The first-order valence-corrected chi connectivity index (χ1v) is 7.85. The summed E-state index contributed by atoms with van der Waals surface area (Å²) in [6.45, 7) is 4.23. The average molecular weight is 318 g/mol. The SMILES string of the molecule is CCNC(=O)c1ccc(C)c(NC(=O)[C@@H]2CC[C@H](C(=O)O)C2)c1. The van der Waals surface area contributed by atoms with Crippen molar-refractivity contribution in [3.8, 4) is 0 Å². The van der Waals surface area contributed by atoms with E-state index in [2.05, 4.69) is 10.6 Å². The van der Waals surface area contributed by atoms with Crippen molar-refractivity contribution < 1.29 is 19.5 Å². The van der Waals surface area contributed by atoms with Gasteiger partial charge in [-0.25, -0.2) is 0 Å². The van der Waals surface area contributed by atoms with Gasteiger partial charge in [-0.2, -0.15) is 0 Å². The number of hydrogen-bond donors (Lipinski definition) is 3. The quantitative estimate of drug-likeness (QED) is 0.775. The second-order valence-corrected chi connectivity index (χ2v) is 5.92. The number of benzene rings is 1. The Labute approximate surface area is 135 Å². The van der Waals surface area contributed by atoms with Gasteiger partial charge in [0.25, 0.3) is 5.91 Å². The normalized spacial score (nSPS) is 20.1. The highest BCUT2D eigenvalue weighted by atomic mass is 16.4. The van der Waals surface area contributed by atoms with E-state index in [1.807, 2.05) is 13.8 Å². The van der Waals surface area contributed by atoms with Gasteiger partial charge >= 0.3 is 5.97 Å². The summed E-state index contributed by atoms with van der Waals surface area (Å²) in [6, 6.07) is 5.16. The highest BCUT2D eigenvalue weighted by Crippen LogP contribution is 2.32. The van der Waals surface area contributed by atoms with Gasteiger partial charge in [-0.15, -0.1) is 0 Å². The van der Waals surface area contributed by atoms with Crippen LogP contribution < -0.4 is 10.6 Å². The molecule has 0 saturated heterocycles. The number of carbonyl (C=O) groups is 3. The largest absolute Gasteiger partial charge is 0.481 e. The van der Waals surface area contributed by atoms with Crippen molar-refractivity contribution in [1.29, 1.82) is 0 Å². The standard InChI is InChI=1S/C17H22N2O4/c1-3-18-15(20)12-5-4-10(2)14(9-12)19-16(21)11-6-7-13(8-11)17(22)23/h4-5,9,11,13H,3,6-8H2,1-2H3,(H,18,20)(H,19,21)(H,22,23)/t11-,13+/m1/s1. The highest BCUT2D eigenvalue weighted by molar-refractivity contribution is 5.98. The number of aryl methyl sites for hydroxylation is 1. The molecule has 0 radical (unpaired) electrons. The summed E-state index contributed by atoms with van der Waals surface area (Å²) in [5.74, 6) is -1.92. The summed E-state index contributed by atoms with van der Waals surface area (Å²) in [5.41, 5.74) is 1.94. The van der Waals surface area contributed by atoms with E-state index in [1.54, 1.807) is 18.2 Å². The van der Waals surface area contributed by atoms with Crippen LogP contribution in [0.5, 0.6) is 0 Å². The van der Waals surface area contributed by atoms with Gasteiger partial charge in [0.05, 0.1) is 5.92 Å². The Hall–Kier alpha value is -2.37. The molecule has 2 amide bonds. The van der Waals surface area contributed by atoms with E-state index in [1.165, 1.54) is 0 Å². The molecule has 0 aliphatic heterocycles. The Bertz CT molecular complexity index is 627. The maximum Gasteiger partial charge on any atom is 0.306 e. The van der Waals surface area contributed by atoms with Crippen molar-refractivity contribution in [2.24, 2.45) is 11.8 Å². The number of rotatable bonds is 5. The van der Waals surface area contributed by atoms with Crippen LogP contribution in [0.2, 0.25) is 0 Å². The van der Waals surface area contributed by atoms with Gasteiger partial charge in [0.2, 0.25) is 5.91 Å². The Morgan fingerprint density at radius 2 is 1.91 bits per heavy atom. The maximum absolute atomic E-state index is 12.3. The molecule has 1 aliphatic rings. The van der Waals surface area contributed by atoms with Gasteiger partial charge in [-0.1, -0.05) is 6.07 Å². The number of carboxylic acid groups (broad SMARTS) is 1. The number of aliphatic carboxylic acids is 1. The number of amides is 2. The molecule has 1 fully saturated rings. The van der Waals surface area contributed by atoms with Gasteiger partial charge in [0, 0.05) is 23.7 Å². The molecule has 2 atom stereocenters. The van der Waals surface area contributed by atoms with Crippen molar-refractivity contribution in [3.63, 3.8) is 0 Å². The van der Waals surface area contributed by atoms with E-state index in [9.17, 15) is 14.4 Å². The van der Waals surface area contributed by atoms with E-state index in [0.29, 0.717) is 37.1 Å². The van der Waals surface area contributed by atoms with Gasteiger partial charge in [0.15, 0.2) is 0 Å². The molecule has 1 aliphatic carbocycles. The van der Waals surface area contributed by atoms with Crippen LogP contribution in [0.25, 0.3) is 0 Å². The number of carbonyl (C=O) groups excluding carboxylic acids is 2. The topological polar surface area (TPSA) is 95.5 Å². The predicted molar refractivity (Wildman–Crippen MR) is 86.3 cm³/mol. The first-order chi connectivity index (χ1) is 10.9. The van der Waals surface area contributed by atoms with Crippen molar-refractivity contribution in [2.45, 2.75) is 33.1 Å². The van der Waals surface area contributed by atoms with Crippen LogP contribution in [0.4, 0.5) is 5.69 Å². The molecule has 6 heteroatoms. The first-order valence-electron chi connectivity index (χ1n) is 7.85. The third kappa shape index (κ3) is 4.09. The molecule has 23 heavy (non-hydrogen) atoms. The zero-order valence-electron chi connectivity index (χ0n) is 13.4. The first kappa shape index (κ1) is 17.0. The fourth-order valence-electron chi connectivity index (χ4n) is 2.84. The summed E-state index contributed by atoms with van der Waals surface area (Å²) in [4.78, 5) is 35.2. The molecule has 0 aromatic heterocycles. The minimum absolute atomic E-state index is 0.176. The molecule has 0 heterocycles. The number of anilines is 1. The molecule has 6 nitrogen and oxygen atoms in total. The summed E-state index contributed by atoms with van der Waals surface area (Å²) < 4.78 is 0. The number of nitrogens with one attached hydrogen (secondary N) is 2. The van der Waals surface area contributed by atoms with Gasteiger partial charge in [-0.05, 0) is 50.8 Å². The monoisotopic (exact) mass is 318 g/mol. The third-order valence-corrected chi connectivity index (χ3v) is 4.25. The minimum atomic E-state index is -0.838. The molecule has 1 aromatic carbocycles. The van der Waals surface area contributed by atoms with E-state index in [4.69, 9.17) is 5.11 Å². The Kier molecular flexibility index (Phi) is 5.36. The summed E-state index contributed by atoms with van der Waals surface area (Å²) >= 11 is 0. The third-order valence-electron chi connectivity index (χ3n) is 4.25. The van der Waals surface area contributed by atoms with Gasteiger partial charge in [-0.3, -0.25) is 14.4 Å². The van der Waals surface area contributed by atoms with Crippen molar-refractivity contribution in [1.82, 2.24) is 5.32 Å². The Morgan fingerprint density at radius 3 is 2.52 bits per heavy atom. The molecular weight excluding hydrogens is 296 g/mol. The lowest BCUT2D eigenvalue weighted by molar-refractivity contribution is -0.141. The summed E-state index contributed by atoms with van der Waals surface area (Å²) in [6.07, 6.45) is 1.49. The van der Waals surface area contributed by atoms with Crippen LogP contribution in [0.15, 0.2) is 18.2 Å². The molecule has 2 rings (SSSR count). The van der Waals surface area contributed by atoms with Crippen molar-refractivity contribution in [2.75, 3.05) is 11.9 Å². The lowest BCUT2D eigenvalue weighted by Gasteiger charge is -2.14. The fourth-order valence-corrected chi connectivity index (χ4v) is 2.84. The predicted octanol–water partition coefficient (Wildman–Crippen LogP) is 2.18. The molecule has 0 bridgehead atoms. The second kappa shape index (κ2) is 7.26. The number of hydrogen-bond acceptors (Lipinski definition) is 3. The maximum atomic E-state index is 12.3. The summed E-state index contributed by atoms with van der Waals surface area (Å²) in [5, 5.41) is 14.6. The molecule has 0 spiro atoms. The number of carboxylic acids is 1. The van der Waals surface area contributed by atoms with E-state index in [-0.39, 0.29) is 17.7 Å². The van der Waals surface area contributed by atoms with Crippen LogP contribution in [-0.4, -0.2) is 29.4 Å². The van der Waals surface area contributed by atoms with Crippen LogP contribution in [0.1, 0.15) is 42.1 Å². The minimum Gasteiger partial charge on any atom is -0.481 e. The van der Waals surface area contributed by atoms with Crippen LogP contribution >= 0.6 is 0 Å². The molecule has 0 unspecified atom stereocenters. The van der Waals surface area contributed by atoms with E-state index < -0.39 is 11.9 Å². The zero-order valence-corrected chi connectivity index (χ0v) is 13.4. The Balaban J connectivity index is 2.07. The Morgan fingerprint density at radius 1 is 1.22 bits per heavy atom. The average Bonchev–Trinajstić information content (AvgIpc) is 3.00. The highest BCUT2D eigenvalue weighted by Gasteiger charge is 2.33. The molecule has 3 N–H and O–H groups in total. The van der Waals surface area contributed by atoms with E-state index in [0.717, 1.165) is 5.56 Å². The molecule has 1 saturated carbocycles. The lowest BCUT2D eigenvalue weighted by atomic mass is 10.0. The van der Waals surface area contributed by atoms with Gasteiger partial charge in [0.1, 0.15) is 0 Å². The van der Waals surface area contributed by atoms with Crippen LogP contribution in [0.3, 0.4) is 0 Å². The van der Waals surface area contributed by atoms with Crippen molar-refractivity contribution in [3.05, 3.63) is 29.3 Å². The van der Waals surface area contributed by atoms with E-state index >= 15 is 0 Å². The molecule has 124 valence electrons. The second-order valence-electron chi connectivity index (χ2n) is 5.92. The molecular formula is C17H22N2O4. The van der Waals surface area contributed by atoms with Crippen LogP contribution in [-0.2, 0) is 9.59 Å². The van der Waals surface area contributed by atoms with Crippen LogP contribution in [0, 0.1) is 18.8 Å². The summed E-state index contributed by atoms with van der Waals surface area (Å²) in [7, 11) is 0. The zero-order chi connectivity index (χ0) is 17.0. The molecule has 1 aromatic rings. The van der Waals surface area contributed by atoms with Gasteiger partial charge < -0.3 is 15.7 Å².